The highest BCUT2D eigenvalue weighted by Gasteiger charge is 2.90. The summed E-state index contributed by atoms with van der Waals surface area (Å²) in [7, 11) is 0. The normalized spacial score (nSPS) is 15.4. The van der Waals surface area contributed by atoms with Crippen LogP contribution in [0.15, 0.2) is 54.6 Å². The zero-order valence-electron chi connectivity index (χ0n) is 16.3. The third-order valence-corrected chi connectivity index (χ3v) is 4.83. The lowest BCUT2D eigenvalue weighted by molar-refractivity contribution is -0.440. The van der Waals surface area contributed by atoms with E-state index in [2.05, 4.69) is 0 Å². The quantitative estimate of drug-likeness (QED) is 0.360. The molecule has 0 spiro atoms. The van der Waals surface area contributed by atoms with Crippen molar-refractivity contribution in [2.24, 2.45) is 0 Å². The summed E-state index contributed by atoms with van der Waals surface area (Å²) in [4.78, 5) is 0. The van der Waals surface area contributed by atoms with Gasteiger partial charge in [0, 0.05) is 6.42 Å². The smallest absolute Gasteiger partial charge is 0.388 e. The van der Waals surface area contributed by atoms with Gasteiger partial charge in [0.25, 0.3) is 0 Å². The Morgan fingerprint density at radius 1 is 0.559 bits per heavy atom. The molecule has 0 bridgehead atoms. The van der Waals surface area contributed by atoms with Gasteiger partial charge in [-0.1, -0.05) is 48.5 Å². The van der Waals surface area contributed by atoms with E-state index in [4.69, 9.17) is 0 Å². The van der Waals surface area contributed by atoms with Crippen molar-refractivity contribution in [3.8, 4) is 11.1 Å². The minimum Gasteiger partial charge on any atom is -0.388 e. The Morgan fingerprint density at radius 3 is 1.53 bits per heavy atom. The lowest BCUT2D eigenvalue weighted by Crippen LogP contribution is -2.70. The van der Waals surface area contributed by atoms with E-state index in [9.17, 15) is 62.2 Å². The number of hydrogen-bond acceptors (Lipinski definition) is 1. The van der Waals surface area contributed by atoms with Crippen LogP contribution in [-0.2, 0) is 0 Å². The van der Waals surface area contributed by atoms with Crippen LogP contribution in [0.25, 0.3) is 11.1 Å². The SMILES string of the molecule is OC(CC(F)(F)C(F)(F)C(F)(F)C(F)(F)C(F)(F)C(F)(F)F)c1cccc(-c2ccccc2)c1. The summed E-state index contributed by atoms with van der Waals surface area (Å²) in [5.41, 5.74) is 0.0932. The Bertz CT molecular complexity index is 983. The maximum Gasteiger partial charge on any atom is 0.460 e. The summed E-state index contributed by atoms with van der Waals surface area (Å²) in [5, 5.41) is 9.87. The van der Waals surface area contributed by atoms with Crippen molar-refractivity contribution in [2.45, 2.75) is 48.3 Å². The van der Waals surface area contributed by atoms with Crippen LogP contribution in [0.4, 0.5) is 57.1 Å². The second-order valence-electron chi connectivity index (χ2n) is 7.21. The summed E-state index contributed by atoms with van der Waals surface area (Å²) in [5.74, 6) is -37.4. The Morgan fingerprint density at radius 2 is 1.03 bits per heavy atom. The largest absolute Gasteiger partial charge is 0.460 e. The van der Waals surface area contributed by atoms with Crippen molar-refractivity contribution in [3.05, 3.63) is 60.2 Å². The first kappa shape index (κ1) is 27.7. The van der Waals surface area contributed by atoms with Crippen LogP contribution in [0.5, 0.6) is 0 Å². The molecule has 1 atom stereocenters. The van der Waals surface area contributed by atoms with Gasteiger partial charge >= 0.3 is 35.8 Å². The van der Waals surface area contributed by atoms with Crippen molar-refractivity contribution < 1.29 is 62.2 Å². The minimum atomic E-state index is -7.97. The third kappa shape index (κ3) is 4.43. The van der Waals surface area contributed by atoms with Crippen LogP contribution in [0.1, 0.15) is 18.1 Å². The summed E-state index contributed by atoms with van der Waals surface area (Å²) < 4.78 is 172. The highest BCUT2D eigenvalue weighted by molar-refractivity contribution is 5.64. The lowest BCUT2D eigenvalue weighted by Gasteiger charge is -2.40. The zero-order valence-corrected chi connectivity index (χ0v) is 16.3. The summed E-state index contributed by atoms with van der Waals surface area (Å²) in [6.45, 7) is 0. The molecule has 14 heteroatoms. The van der Waals surface area contributed by atoms with E-state index in [1.165, 1.54) is 18.2 Å². The summed E-state index contributed by atoms with van der Waals surface area (Å²) >= 11 is 0. The molecule has 2 rings (SSSR count). The number of benzene rings is 2. The molecule has 0 aliphatic heterocycles. The van der Waals surface area contributed by atoms with Crippen molar-refractivity contribution in [1.82, 2.24) is 0 Å². The molecule has 34 heavy (non-hydrogen) atoms. The van der Waals surface area contributed by atoms with Crippen LogP contribution in [0, 0.1) is 0 Å². The van der Waals surface area contributed by atoms with Gasteiger partial charge in [0.2, 0.25) is 0 Å². The van der Waals surface area contributed by atoms with Crippen LogP contribution < -0.4 is 0 Å². The molecule has 190 valence electrons. The fraction of sp³-hybridized carbons (Fsp3) is 0.400. The number of hydrogen-bond donors (Lipinski definition) is 1. The van der Waals surface area contributed by atoms with E-state index < -0.39 is 53.9 Å². The minimum absolute atomic E-state index is 0.230. The van der Waals surface area contributed by atoms with E-state index in [0.29, 0.717) is 5.56 Å². The van der Waals surface area contributed by atoms with E-state index in [1.54, 1.807) is 18.2 Å². The highest BCUT2D eigenvalue weighted by Crippen LogP contribution is 2.61. The molecule has 0 radical (unpaired) electrons. The Kier molecular flexibility index (Phi) is 7.02. The standard InChI is InChI=1S/C20H13F13O/c21-15(22,16(23,24)17(25,26)18(27,28)19(29,30)20(31,32)33)10-14(34)13-8-4-7-12(9-13)11-5-2-1-3-6-11/h1-9,14,34H,10H2. The number of aliphatic hydroxyl groups excluding tert-OH is 1. The molecular weight excluding hydrogens is 503 g/mol. The molecule has 0 saturated carbocycles. The highest BCUT2D eigenvalue weighted by atomic mass is 19.4. The van der Waals surface area contributed by atoms with E-state index in [0.717, 1.165) is 18.2 Å². The molecule has 2 aromatic carbocycles. The number of rotatable bonds is 8. The zero-order chi connectivity index (χ0) is 26.4. The maximum atomic E-state index is 14.0. The maximum absolute atomic E-state index is 14.0. The molecule has 2 aromatic rings. The van der Waals surface area contributed by atoms with Gasteiger partial charge in [-0.2, -0.15) is 57.1 Å². The molecular formula is C20H13F13O. The molecule has 0 aliphatic carbocycles. The van der Waals surface area contributed by atoms with E-state index >= 15 is 0 Å². The molecule has 1 unspecified atom stereocenters. The van der Waals surface area contributed by atoms with Crippen LogP contribution in [-0.4, -0.2) is 40.9 Å². The molecule has 0 saturated heterocycles. The fourth-order valence-corrected chi connectivity index (χ4v) is 2.85. The van der Waals surface area contributed by atoms with Crippen molar-refractivity contribution in [1.29, 1.82) is 0 Å². The van der Waals surface area contributed by atoms with Gasteiger partial charge in [0.1, 0.15) is 0 Å². The van der Waals surface area contributed by atoms with Gasteiger partial charge in [-0.3, -0.25) is 0 Å². The van der Waals surface area contributed by atoms with Gasteiger partial charge in [-0.25, -0.2) is 0 Å². The summed E-state index contributed by atoms with van der Waals surface area (Å²) in [6, 6.07) is 12.1. The van der Waals surface area contributed by atoms with Crippen LogP contribution in [0.3, 0.4) is 0 Å². The molecule has 1 nitrogen and oxygen atoms in total. The number of halogens is 13. The van der Waals surface area contributed by atoms with Gasteiger partial charge in [0.05, 0.1) is 6.10 Å². The molecule has 0 fully saturated rings. The van der Waals surface area contributed by atoms with Gasteiger partial charge < -0.3 is 5.11 Å². The predicted molar refractivity (Wildman–Crippen MR) is 92.2 cm³/mol. The van der Waals surface area contributed by atoms with Crippen molar-refractivity contribution in [2.75, 3.05) is 0 Å². The van der Waals surface area contributed by atoms with Crippen molar-refractivity contribution in [3.63, 3.8) is 0 Å². The lowest BCUT2D eigenvalue weighted by atomic mass is 9.90. The average molecular weight is 516 g/mol. The molecule has 0 aromatic heterocycles. The van der Waals surface area contributed by atoms with Gasteiger partial charge in [-0.15, -0.1) is 0 Å². The van der Waals surface area contributed by atoms with E-state index in [1.807, 2.05) is 0 Å². The molecule has 0 amide bonds. The molecule has 1 N–H and O–H groups in total. The average Bonchev–Trinajstić information content (AvgIpc) is 2.72. The third-order valence-electron chi connectivity index (χ3n) is 4.83. The van der Waals surface area contributed by atoms with E-state index in [-0.39, 0.29) is 5.56 Å². The van der Waals surface area contributed by atoms with Crippen molar-refractivity contribution >= 4 is 0 Å². The Labute approximate surface area is 182 Å². The molecule has 0 aliphatic rings. The van der Waals surface area contributed by atoms with Crippen LogP contribution >= 0.6 is 0 Å². The summed E-state index contributed by atoms with van der Waals surface area (Å²) in [6.07, 6.45) is -12.9. The second kappa shape index (κ2) is 8.61. The second-order valence-corrected chi connectivity index (χ2v) is 7.21. The number of aliphatic hydroxyl groups is 1. The predicted octanol–water partition coefficient (Wildman–Crippen LogP) is 7.52. The van der Waals surface area contributed by atoms with Gasteiger partial charge in [-0.05, 0) is 22.8 Å². The Balaban J connectivity index is 2.39. The van der Waals surface area contributed by atoms with Crippen LogP contribution in [0.2, 0.25) is 0 Å². The first-order valence-corrected chi connectivity index (χ1v) is 9.00. The first-order valence-electron chi connectivity index (χ1n) is 9.00. The monoisotopic (exact) mass is 516 g/mol. The molecule has 0 heterocycles. The van der Waals surface area contributed by atoms with Gasteiger partial charge in [0.15, 0.2) is 0 Å². The first-order chi connectivity index (χ1) is 15.2. The number of alkyl halides is 13. The fourth-order valence-electron chi connectivity index (χ4n) is 2.85. The Hall–Kier alpha value is -2.51. The topological polar surface area (TPSA) is 20.2 Å².